The molecule has 0 aliphatic heterocycles. The van der Waals surface area contributed by atoms with Crippen LogP contribution in [0, 0.1) is 6.92 Å². The molecule has 3 N–H and O–H groups in total. The highest BCUT2D eigenvalue weighted by Crippen LogP contribution is 2.34. The second-order valence-electron chi connectivity index (χ2n) is 6.59. The maximum absolute atomic E-state index is 13.1. The van der Waals surface area contributed by atoms with Gasteiger partial charge in [-0.2, -0.15) is 0 Å². The Kier molecular flexibility index (Phi) is 5.61. The van der Waals surface area contributed by atoms with E-state index in [-0.39, 0.29) is 21.0 Å². The Morgan fingerprint density at radius 2 is 1.69 bits per heavy atom. The van der Waals surface area contributed by atoms with E-state index in [1.54, 1.807) is 6.92 Å². The molecule has 0 amide bonds. The van der Waals surface area contributed by atoms with Gasteiger partial charge in [0.2, 0.25) is 9.84 Å². The van der Waals surface area contributed by atoms with E-state index in [9.17, 15) is 18.3 Å². The fraction of sp³-hybridized carbons (Fsp3) is 0.136. The Hall–Kier alpha value is -3.32. The van der Waals surface area contributed by atoms with Crippen LogP contribution in [-0.4, -0.2) is 26.6 Å². The molecule has 3 rings (SSSR count). The summed E-state index contributed by atoms with van der Waals surface area (Å²) in [4.78, 5) is 11.7. The fourth-order valence-electron chi connectivity index (χ4n) is 3.17. The highest BCUT2D eigenvalue weighted by Gasteiger charge is 2.26. The lowest BCUT2D eigenvalue weighted by Crippen LogP contribution is -2.13. The lowest BCUT2D eigenvalue weighted by molar-refractivity contribution is 0.0695. The number of ether oxygens (including phenoxy) is 1. The minimum Gasteiger partial charge on any atom is -0.497 e. The van der Waals surface area contributed by atoms with Gasteiger partial charge >= 0.3 is 5.97 Å². The SMILES string of the molecule is COc1ccc(S(=O)(=O)c2cc(C(=O)O)c(Cc3ccccc3)c(C)c2N)cc1. The third kappa shape index (κ3) is 3.95. The van der Waals surface area contributed by atoms with Crippen LogP contribution in [0.1, 0.15) is 27.0 Å². The van der Waals surface area contributed by atoms with E-state index >= 15 is 0 Å². The summed E-state index contributed by atoms with van der Waals surface area (Å²) >= 11 is 0. The van der Waals surface area contributed by atoms with E-state index < -0.39 is 15.8 Å². The first-order valence-corrected chi connectivity index (χ1v) is 10.3. The summed E-state index contributed by atoms with van der Waals surface area (Å²) in [5.74, 6) is -0.692. The molecule has 0 aliphatic rings. The predicted molar refractivity (Wildman–Crippen MR) is 110 cm³/mol. The van der Waals surface area contributed by atoms with Crippen molar-refractivity contribution < 1.29 is 23.1 Å². The molecule has 0 fully saturated rings. The van der Waals surface area contributed by atoms with Crippen molar-refractivity contribution in [1.82, 2.24) is 0 Å². The summed E-state index contributed by atoms with van der Waals surface area (Å²) in [5, 5.41) is 9.74. The Bertz CT molecular complexity index is 1150. The lowest BCUT2D eigenvalue weighted by atomic mass is 9.94. The number of anilines is 1. The molecule has 150 valence electrons. The van der Waals surface area contributed by atoms with Crippen molar-refractivity contribution in [1.29, 1.82) is 0 Å². The van der Waals surface area contributed by atoms with Crippen LogP contribution in [0.4, 0.5) is 5.69 Å². The number of hydrogen-bond acceptors (Lipinski definition) is 5. The molecule has 0 heterocycles. The van der Waals surface area contributed by atoms with Gasteiger partial charge in [0.1, 0.15) is 5.75 Å². The molecule has 0 spiro atoms. The number of carboxylic acid groups (broad SMARTS) is 1. The quantitative estimate of drug-likeness (QED) is 0.599. The minimum absolute atomic E-state index is 0.0107. The first kappa shape index (κ1) is 20.4. The van der Waals surface area contributed by atoms with E-state index in [0.29, 0.717) is 23.3 Å². The molecular formula is C22H21NO5S. The number of nitrogen functional groups attached to an aromatic ring is 1. The Labute approximate surface area is 169 Å². The molecule has 3 aromatic carbocycles. The van der Waals surface area contributed by atoms with Crippen LogP contribution >= 0.6 is 0 Å². The van der Waals surface area contributed by atoms with Crippen LogP contribution in [0.25, 0.3) is 0 Å². The Balaban J connectivity index is 2.16. The molecule has 0 bridgehead atoms. The maximum atomic E-state index is 13.1. The van der Waals surface area contributed by atoms with Crippen LogP contribution in [0.2, 0.25) is 0 Å². The van der Waals surface area contributed by atoms with Crippen LogP contribution < -0.4 is 10.5 Å². The summed E-state index contributed by atoms with van der Waals surface area (Å²) in [5.41, 5.74) is 8.01. The van der Waals surface area contributed by atoms with Gasteiger partial charge in [-0.25, -0.2) is 13.2 Å². The second-order valence-corrected chi connectivity index (χ2v) is 8.50. The van der Waals surface area contributed by atoms with Crippen LogP contribution in [0.3, 0.4) is 0 Å². The lowest BCUT2D eigenvalue weighted by Gasteiger charge is -2.17. The van der Waals surface area contributed by atoms with E-state index in [0.717, 1.165) is 11.6 Å². The summed E-state index contributed by atoms with van der Waals surface area (Å²) < 4.78 is 31.3. The van der Waals surface area contributed by atoms with Crippen molar-refractivity contribution in [3.05, 3.63) is 82.9 Å². The molecular weight excluding hydrogens is 390 g/mol. The van der Waals surface area contributed by atoms with E-state index in [2.05, 4.69) is 0 Å². The van der Waals surface area contributed by atoms with Crippen molar-refractivity contribution >= 4 is 21.5 Å². The zero-order chi connectivity index (χ0) is 21.2. The van der Waals surface area contributed by atoms with E-state index in [4.69, 9.17) is 10.5 Å². The van der Waals surface area contributed by atoms with Gasteiger partial charge in [0.05, 0.1) is 28.2 Å². The van der Waals surface area contributed by atoms with Gasteiger partial charge in [0.25, 0.3) is 0 Å². The van der Waals surface area contributed by atoms with E-state index in [1.807, 2.05) is 30.3 Å². The zero-order valence-electron chi connectivity index (χ0n) is 16.0. The van der Waals surface area contributed by atoms with Gasteiger partial charge in [-0.15, -0.1) is 0 Å². The van der Waals surface area contributed by atoms with Crippen LogP contribution in [0.5, 0.6) is 5.75 Å². The molecule has 0 radical (unpaired) electrons. The first-order valence-electron chi connectivity index (χ1n) is 8.84. The fourth-order valence-corrected chi connectivity index (χ4v) is 4.63. The molecule has 0 aliphatic carbocycles. The normalized spacial score (nSPS) is 11.2. The topological polar surface area (TPSA) is 107 Å². The van der Waals surface area contributed by atoms with Crippen molar-refractivity contribution in [3.8, 4) is 5.75 Å². The smallest absolute Gasteiger partial charge is 0.336 e. The average molecular weight is 411 g/mol. The molecule has 0 unspecified atom stereocenters. The van der Waals surface area contributed by atoms with E-state index in [1.165, 1.54) is 31.4 Å². The van der Waals surface area contributed by atoms with Crippen molar-refractivity contribution in [2.75, 3.05) is 12.8 Å². The maximum Gasteiger partial charge on any atom is 0.336 e. The Morgan fingerprint density at radius 3 is 2.24 bits per heavy atom. The zero-order valence-corrected chi connectivity index (χ0v) is 16.9. The third-order valence-corrected chi connectivity index (χ3v) is 6.65. The molecule has 0 saturated heterocycles. The highest BCUT2D eigenvalue weighted by atomic mass is 32.2. The van der Waals surface area contributed by atoms with Gasteiger partial charge < -0.3 is 15.6 Å². The molecule has 0 aromatic heterocycles. The number of hydrogen-bond donors (Lipinski definition) is 2. The third-order valence-electron chi connectivity index (χ3n) is 4.84. The molecule has 0 atom stereocenters. The van der Waals surface area contributed by atoms with Gasteiger partial charge in [-0.3, -0.25) is 0 Å². The first-order chi connectivity index (χ1) is 13.8. The summed E-state index contributed by atoms with van der Waals surface area (Å²) in [6.07, 6.45) is 0.335. The molecule has 29 heavy (non-hydrogen) atoms. The summed E-state index contributed by atoms with van der Waals surface area (Å²) in [6.45, 7) is 1.65. The van der Waals surface area contributed by atoms with Gasteiger partial charge in [-0.05, 0) is 60.4 Å². The minimum atomic E-state index is -4.01. The number of benzene rings is 3. The monoisotopic (exact) mass is 411 g/mol. The molecule has 6 nitrogen and oxygen atoms in total. The molecule has 0 saturated carbocycles. The van der Waals surface area contributed by atoms with Gasteiger partial charge in [0, 0.05) is 0 Å². The number of methoxy groups -OCH3 is 1. The van der Waals surface area contributed by atoms with Crippen LogP contribution in [0.15, 0.2) is 70.5 Å². The number of carbonyl (C=O) groups is 1. The highest BCUT2D eigenvalue weighted by molar-refractivity contribution is 7.91. The number of rotatable bonds is 6. The number of sulfone groups is 1. The Morgan fingerprint density at radius 1 is 1.07 bits per heavy atom. The van der Waals surface area contributed by atoms with Gasteiger partial charge in [-0.1, -0.05) is 30.3 Å². The predicted octanol–water partition coefficient (Wildman–Crippen LogP) is 3.71. The largest absolute Gasteiger partial charge is 0.497 e. The van der Waals surface area contributed by atoms with Crippen LogP contribution in [-0.2, 0) is 16.3 Å². The number of aromatic carboxylic acids is 1. The standard InChI is InChI=1S/C22H21NO5S/c1-14-18(12-15-6-4-3-5-7-15)19(22(24)25)13-20(21(14)23)29(26,27)17-10-8-16(28-2)9-11-17/h3-11,13H,12,23H2,1-2H3,(H,24,25). The summed E-state index contributed by atoms with van der Waals surface area (Å²) in [7, 11) is -2.53. The van der Waals surface area contributed by atoms with Crippen molar-refractivity contribution in [2.45, 2.75) is 23.1 Å². The average Bonchev–Trinajstić information content (AvgIpc) is 2.72. The molecule has 3 aromatic rings. The molecule has 7 heteroatoms. The summed E-state index contributed by atoms with van der Waals surface area (Å²) in [6, 6.07) is 16.4. The van der Waals surface area contributed by atoms with Crippen molar-refractivity contribution in [3.63, 3.8) is 0 Å². The number of carboxylic acids is 1. The second kappa shape index (κ2) is 7.97. The van der Waals surface area contributed by atoms with Crippen molar-refractivity contribution in [2.24, 2.45) is 0 Å². The van der Waals surface area contributed by atoms with Gasteiger partial charge in [0.15, 0.2) is 0 Å². The number of nitrogens with two attached hydrogens (primary N) is 1.